The molecule has 0 radical (unpaired) electrons. The van der Waals surface area contributed by atoms with Gasteiger partial charge in [0.2, 0.25) is 0 Å². The van der Waals surface area contributed by atoms with Crippen molar-refractivity contribution >= 4 is 21.4 Å². The summed E-state index contributed by atoms with van der Waals surface area (Å²) < 4.78 is 36.4. The topological polar surface area (TPSA) is 46.2 Å². The molecule has 0 aromatic heterocycles. The van der Waals surface area contributed by atoms with Crippen LogP contribution in [0.2, 0.25) is 5.02 Å². The van der Waals surface area contributed by atoms with Gasteiger partial charge in [0.05, 0.1) is 9.77 Å². The smallest absolute Gasteiger partial charge is 0.154 e. The van der Waals surface area contributed by atoms with E-state index in [2.05, 4.69) is 5.32 Å². The molecule has 0 aliphatic rings. The molecule has 0 heterocycles. The zero-order chi connectivity index (χ0) is 15.6. The maximum absolute atomic E-state index is 13.5. The van der Waals surface area contributed by atoms with Gasteiger partial charge in [0.25, 0.3) is 0 Å². The third-order valence-corrected chi connectivity index (χ3v) is 6.32. The fraction of sp³-hybridized carbons (Fsp3) is 0.571. The second-order valence-electron chi connectivity index (χ2n) is 5.40. The van der Waals surface area contributed by atoms with E-state index in [0.717, 1.165) is 0 Å². The maximum Gasteiger partial charge on any atom is 0.154 e. The minimum atomic E-state index is -3.27. The Labute approximate surface area is 125 Å². The van der Waals surface area contributed by atoms with Gasteiger partial charge in [-0.1, -0.05) is 30.7 Å². The van der Waals surface area contributed by atoms with Crippen molar-refractivity contribution in [2.75, 3.05) is 12.8 Å². The maximum atomic E-state index is 13.5. The molecule has 0 saturated carbocycles. The van der Waals surface area contributed by atoms with Gasteiger partial charge in [-0.2, -0.15) is 0 Å². The number of hydrogen-bond acceptors (Lipinski definition) is 3. The van der Waals surface area contributed by atoms with Gasteiger partial charge in [-0.3, -0.25) is 0 Å². The number of hydrogen-bond donors (Lipinski definition) is 1. The third-order valence-electron chi connectivity index (χ3n) is 3.70. The normalized spacial score (nSPS) is 14.3. The van der Waals surface area contributed by atoms with Crippen LogP contribution in [0.15, 0.2) is 18.2 Å². The molecule has 0 spiro atoms. The van der Waals surface area contributed by atoms with Crippen LogP contribution in [0.25, 0.3) is 0 Å². The van der Waals surface area contributed by atoms with Crippen LogP contribution in [0.4, 0.5) is 4.39 Å². The van der Waals surface area contributed by atoms with Crippen LogP contribution in [-0.2, 0) is 16.3 Å². The summed E-state index contributed by atoms with van der Waals surface area (Å²) in [5.74, 6) is -0.489. The fourth-order valence-corrected chi connectivity index (χ4v) is 2.88. The molecule has 0 amide bonds. The third kappa shape index (κ3) is 3.71. The predicted molar refractivity (Wildman–Crippen MR) is 81.5 cm³/mol. The largest absolute Gasteiger partial charge is 0.312 e. The van der Waals surface area contributed by atoms with Crippen molar-refractivity contribution in [3.05, 3.63) is 34.6 Å². The van der Waals surface area contributed by atoms with E-state index in [1.807, 2.05) is 6.92 Å². The van der Waals surface area contributed by atoms with E-state index in [0.29, 0.717) is 18.5 Å². The standard InChI is InChI=1S/C14H21ClFNO2S/c1-5-17-12(14(2,3)20(4,18)19)9-10-7-6-8-11(16)13(10)15/h6-8,12,17H,5,9H2,1-4H3. The second-order valence-corrected chi connectivity index (χ2v) is 8.38. The first-order valence-electron chi connectivity index (χ1n) is 6.47. The summed E-state index contributed by atoms with van der Waals surface area (Å²) in [7, 11) is -3.27. The number of benzene rings is 1. The van der Waals surface area contributed by atoms with E-state index in [1.54, 1.807) is 26.0 Å². The Hall–Kier alpha value is -0.650. The summed E-state index contributed by atoms with van der Waals surface area (Å²) in [6, 6.07) is 4.23. The second kappa shape index (κ2) is 6.41. The number of halogens is 2. The van der Waals surface area contributed by atoms with Crippen molar-refractivity contribution in [3.63, 3.8) is 0 Å². The van der Waals surface area contributed by atoms with Gasteiger partial charge in [0.15, 0.2) is 9.84 Å². The molecule has 1 rings (SSSR count). The number of rotatable bonds is 6. The van der Waals surface area contributed by atoms with Gasteiger partial charge in [-0.15, -0.1) is 0 Å². The van der Waals surface area contributed by atoms with E-state index in [-0.39, 0.29) is 11.1 Å². The first kappa shape index (κ1) is 17.4. The minimum Gasteiger partial charge on any atom is -0.312 e. The molecule has 1 unspecified atom stereocenters. The van der Waals surface area contributed by atoms with Crippen molar-refractivity contribution in [2.24, 2.45) is 0 Å². The number of nitrogens with one attached hydrogen (secondary N) is 1. The van der Waals surface area contributed by atoms with Crippen LogP contribution >= 0.6 is 11.6 Å². The molecular formula is C14H21ClFNO2S. The molecule has 20 heavy (non-hydrogen) atoms. The van der Waals surface area contributed by atoms with E-state index in [9.17, 15) is 12.8 Å². The zero-order valence-electron chi connectivity index (χ0n) is 12.2. The fourth-order valence-electron chi connectivity index (χ4n) is 1.99. The van der Waals surface area contributed by atoms with Crippen LogP contribution in [0, 0.1) is 5.82 Å². The average Bonchev–Trinajstić information content (AvgIpc) is 2.32. The van der Waals surface area contributed by atoms with E-state index < -0.39 is 20.4 Å². The Morgan fingerprint density at radius 3 is 2.50 bits per heavy atom. The highest BCUT2D eigenvalue weighted by Gasteiger charge is 2.38. The molecular weight excluding hydrogens is 301 g/mol. The van der Waals surface area contributed by atoms with Crippen LogP contribution < -0.4 is 5.32 Å². The number of likely N-dealkylation sites (N-methyl/N-ethyl adjacent to an activating group) is 1. The summed E-state index contributed by atoms with van der Waals surface area (Å²) >= 11 is 5.95. The first-order chi connectivity index (χ1) is 9.11. The van der Waals surface area contributed by atoms with Crippen LogP contribution in [0.3, 0.4) is 0 Å². The highest BCUT2D eigenvalue weighted by molar-refractivity contribution is 7.92. The lowest BCUT2D eigenvalue weighted by molar-refractivity contribution is 0.413. The SMILES string of the molecule is CCNC(Cc1cccc(F)c1Cl)C(C)(C)S(C)(=O)=O. The summed E-state index contributed by atoms with van der Waals surface area (Å²) in [6.45, 7) is 5.86. The van der Waals surface area contributed by atoms with E-state index in [1.165, 1.54) is 12.3 Å². The van der Waals surface area contributed by atoms with Crippen molar-refractivity contribution in [3.8, 4) is 0 Å². The molecule has 0 bridgehead atoms. The van der Waals surface area contributed by atoms with Gasteiger partial charge in [0, 0.05) is 12.3 Å². The molecule has 0 saturated heterocycles. The quantitative estimate of drug-likeness (QED) is 0.876. The lowest BCUT2D eigenvalue weighted by atomic mass is 9.95. The molecule has 0 fully saturated rings. The monoisotopic (exact) mass is 321 g/mol. The summed E-state index contributed by atoms with van der Waals surface area (Å²) in [5.41, 5.74) is 0.606. The van der Waals surface area contributed by atoms with Crippen LogP contribution in [-0.4, -0.2) is 32.0 Å². The molecule has 6 heteroatoms. The minimum absolute atomic E-state index is 0.0553. The van der Waals surface area contributed by atoms with Gasteiger partial charge in [-0.05, 0) is 38.4 Å². The lowest BCUT2D eigenvalue weighted by Gasteiger charge is -2.33. The van der Waals surface area contributed by atoms with Gasteiger partial charge in [-0.25, -0.2) is 12.8 Å². The molecule has 0 aliphatic heterocycles. The van der Waals surface area contributed by atoms with Gasteiger partial charge >= 0.3 is 0 Å². The molecule has 1 atom stereocenters. The van der Waals surface area contributed by atoms with E-state index >= 15 is 0 Å². The van der Waals surface area contributed by atoms with Crippen molar-refractivity contribution in [1.29, 1.82) is 0 Å². The average molecular weight is 322 g/mol. The van der Waals surface area contributed by atoms with Gasteiger partial charge in [0.1, 0.15) is 5.82 Å². The summed E-state index contributed by atoms with van der Waals surface area (Å²) in [6.07, 6.45) is 1.56. The predicted octanol–water partition coefficient (Wildman–Crippen LogP) is 2.82. The van der Waals surface area contributed by atoms with Crippen molar-refractivity contribution in [1.82, 2.24) is 5.32 Å². The molecule has 114 valence electrons. The first-order valence-corrected chi connectivity index (χ1v) is 8.74. The Bertz CT molecular complexity index is 573. The molecule has 0 aliphatic carbocycles. The lowest BCUT2D eigenvalue weighted by Crippen LogP contribution is -2.52. The summed E-state index contributed by atoms with van der Waals surface area (Å²) in [5, 5.41) is 3.22. The zero-order valence-corrected chi connectivity index (χ0v) is 13.8. The van der Waals surface area contributed by atoms with E-state index in [4.69, 9.17) is 11.6 Å². The van der Waals surface area contributed by atoms with Gasteiger partial charge < -0.3 is 5.32 Å². The molecule has 1 N–H and O–H groups in total. The highest BCUT2D eigenvalue weighted by Crippen LogP contribution is 2.27. The Balaban J connectivity index is 3.14. The molecule has 1 aromatic rings. The molecule has 3 nitrogen and oxygen atoms in total. The Morgan fingerprint density at radius 2 is 2.00 bits per heavy atom. The number of sulfone groups is 1. The Kier molecular flexibility index (Phi) is 5.58. The Morgan fingerprint density at radius 1 is 1.40 bits per heavy atom. The van der Waals surface area contributed by atoms with Crippen LogP contribution in [0.1, 0.15) is 26.3 Å². The van der Waals surface area contributed by atoms with Crippen molar-refractivity contribution < 1.29 is 12.8 Å². The van der Waals surface area contributed by atoms with Crippen LogP contribution in [0.5, 0.6) is 0 Å². The van der Waals surface area contributed by atoms with Crippen molar-refractivity contribution in [2.45, 2.75) is 38.0 Å². The molecule has 1 aromatic carbocycles. The highest BCUT2D eigenvalue weighted by atomic mass is 35.5. The summed E-state index contributed by atoms with van der Waals surface area (Å²) in [4.78, 5) is 0.